The highest BCUT2D eigenvalue weighted by Crippen LogP contribution is 2.13. The molecular formula is C6H10O4. The monoisotopic (exact) mass is 146 g/mol. The second-order valence-corrected chi connectivity index (χ2v) is 2.18. The summed E-state index contributed by atoms with van der Waals surface area (Å²) >= 11 is 0. The van der Waals surface area contributed by atoms with Gasteiger partial charge in [-0.3, -0.25) is 0 Å². The number of ether oxygens (including phenoxy) is 2. The number of hydrogen-bond donors (Lipinski definition) is 1. The van der Waals surface area contributed by atoms with Crippen LogP contribution in [0.3, 0.4) is 0 Å². The van der Waals surface area contributed by atoms with Crippen molar-refractivity contribution in [3.63, 3.8) is 0 Å². The molecule has 0 aromatic carbocycles. The van der Waals surface area contributed by atoms with Crippen molar-refractivity contribution in [2.75, 3.05) is 6.61 Å². The molecule has 1 aliphatic rings. The van der Waals surface area contributed by atoms with E-state index in [1.807, 2.05) is 0 Å². The van der Waals surface area contributed by atoms with E-state index in [1.165, 1.54) is 0 Å². The molecule has 1 heterocycles. The van der Waals surface area contributed by atoms with Gasteiger partial charge >= 0.3 is 6.16 Å². The number of carbonyl (C=O) groups is 1. The summed E-state index contributed by atoms with van der Waals surface area (Å²) in [6, 6.07) is 0. The van der Waals surface area contributed by atoms with Crippen molar-refractivity contribution < 1.29 is 19.4 Å². The Kier molecular flexibility index (Phi) is 2.50. The molecule has 0 amide bonds. The lowest BCUT2D eigenvalue weighted by molar-refractivity contribution is -0.137. The Labute approximate surface area is 58.7 Å². The molecule has 0 spiro atoms. The lowest BCUT2D eigenvalue weighted by Gasteiger charge is -2.20. The molecule has 0 radical (unpaired) electrons. The second-order valence-electron chi connectivity index (χ2n) is 2.18. The number of carboxylic acid groups (broad SMARTS) is 1. The predicted octanol–water partition coefficient (Wildman–Crippen LogP) is 1.21. The van der Waals surface area contributed by atoms with E-state index in [4.69, 9.17) is 9.84 Å². The van der Waals surface area contributed by atoms with Gasteiger partial charge in [0.2, 0.25) is 6.29 Å². The molecule has 0 unspecified atom stereocenters. The zero-order valence-corrected chi connectivity index (χ0v) is 5.58. The fourth-order valence-corrected chi connectivity index (χ4v) is 0.917. The molecule has 1 saturated heterocycles. The molecule has 1 N–H and O–H groups in total. The molecule has 58 valence electrons. The Hall–Kier alpha value is -0.770. The van der Waals surface area contributed by atoms with Gasteiger partial charge in [-0.05, 0) is 12.8 Å². The van der Waals surface area contributed by atoms with Gasteiger partial charge in [-0.15, -0.1) is 0 Å². The quantitative estimate of drug-likeness (QED) is 0.565. The average Bonchev–Trinajstić information content (AvgIpc) is 1.88. The highest BCUT2D eigenvalue weighted by atomic mass is 16.8. The van der Waals surface area contributed by atoms with Crippen molar-refractivity contribution in [2.24, 2.45) is 0 Å². The molecule has 1 rings (SSSR count). The lowest BCUT2D eigenvalue weighted by atomic mass is 10.2. The first kappa shape index (κ1) is 7.34. The van der Waals surface area contributed by atoms with Crippen LogP contribution in [0.15, 0.2) is 0 Å². The van der Waals surface area contributed by atoms with Crippen LogP contribution in [-0.2, 0) is 9.47 Å². The third-order valence-electron chi connectivity index (χ3n) is 1.37. The zero-order chi connectivity index (χ0) is 7.40. The summed E-state index contributed by atoms with van der Waals surface area (Å²) in [4.78, 5) is 9.97. The normalized spacial score (nSPS) is 25.8. The molecular weight excluding hydrogens is 136 g/mol. The molecule has 1 fully saturated rings. The fourth-order valence-electron chi connectivity index (χ4n) is 0.917. The van der Waals surface area contributed by atoms with Crippen LogP contribution in [0, 0.1) is 0 Å². The maximum absolute atomic E-state index is 9.97. The van der Waals surface area contributed by atoms with Gasteiger partial charge in [0.1, 0.15) is 0 Å². The fraction of sp³-hybridized carbons (Fsp3) is 0.833. The molecule has 0 aliphatic carbocycles. The molecule has 0 aromatic heterocycles. The van der Waals surface area contributed by atoms with Crippen molar-refractivity contribution in [2.45, 2.75) is 25.6 Å². The molecule has 4 heteroatoms. The Balaban J connectivity index is 2.19. The minimum absolute atomic E-state index is 0.522. The molecule has 10 heavy (non-hydrogen) atoms. The minimum Gasteiger partial charge on any atom is -0.450 e. The second kappa shape index (κ2) is 3.41. The van der Waals surface area contributed by atoms with Crippen molar-refractivity contribution in [3.8, 4) is 0 Å². The summed E-state index contributed by atoms with van der Waals surface area (Å²) in [6.07, 6.45) is 0.891. The molecule has 1 atom stereocenters. The summed E-state index contributed by atoms with van der Waals surface area (Å²) < 4.78 is 9.37. The third-order valence-corrected chi connectivity index (χ3v) is 1.37. The topological polar surface area (TPSA) is 55.8 Å². The van der Waals surface area contributed by atoms with Crippen LogP contribution in [0.25, 0.3) is 0 Å². The summed E-state index contributed by atoms with van der Waals surface area (Å²) in [6.45, 7) is 0.609. The van der Waals surface area contributed by atoms with Crippen LogP contribution in [0.2, 0.25) is 0 Å². The van der Waals surface area contributed by atoms with Crippen LogP contribution in [0.1, 0.15) is 19.3 Å². The van der Waals surface area contributed by atoms with Gasteiger partial charge in [-0.2, -0.15) is 0 Å². The SMILES string of the molecule is O=C(O)O[C@@H]1CCCCO1. The van der Waals surface area contributed by atoms with Gasteiger partial charge in [0, 0.05) is 6.42 Å². The highest BCUT2D eigenvalue weighted by Gasteiger charge is 2.16. The summed E-state index contributed by atoms with van der Waals surface area (Å²) in [7, 11) is 0. The molecule has 1 aliphatic heterocycles. The Morgan fingerprint density at radius 1 is 1.60 bits per heavy atom. The minimum atomic E-state index is -1.26. The van der Waals surface area contributed by atoms with E-state index >= 15 is 0 Å². The lowest BCUT2D eigenvalue weighted by Crippen LogP contribution is -2.24. The van der Waals surface area contributed by atoms with Crippen LogP contribution in [0.5, 0.6) is 0 Å². The average molecular weight is 146 g/mol. The van der Waals surface area contributed by atoms with Gasteiger partial charge in [0.15, 0.2) is 0 Å². The molecule has 0 saturated carbocycles. The van der Waals surface area contributed by atoms with Crippen LogP contribution < -0.4 is 0 Å². The first-order valence-electron chi connectivity index (χ1n) is 3.30. The van der Waals surface area contributed by atoms with Gasteiger partial charge in [-0.1, -0.05) is 0 Å². The van der Waals surface area contributed by atoms with Crippen molar-refractivity contribution >= 4 is 6.16 Å². The smallest absolute Gasteiger partial charge is 0.450 e. The van der Waals surface area contributed by atoms with Crippen molar-refractivity contribution in [1.82, 2.24) is 0 Å². The largest absolute Gasteiger partial charge is 0.508 e. The number of hydrogen-bond acceptors (Lipinski definition) is 3. The number of rotatable bonds is 1. The Bertz CT molecular complexity index is 117. The van der Waals surface area contributed by atoms with Crippen LogP contribution in [-0.4, -0.2) is 24.2 Å². The third kappa shape index (κ3) is 2.23. The van der Waals surface area contributed by atoms with E-state index in [1.54, 1.807) is 0 Å². The zero-order valence-electron chi connectivity index (χ0n) is 5.58. The molecule has 0 aromatic rings. The standard InChI is InChI=1S/C6H10O4/c7-6(8)10-5-3-1-2-4-9-5/h5H,1-4H2,(H,7,8)/t5-/m1/s1. The van der Waals surface area contributed by atoms with Gasteiger partial charge in [-0.25, -0.2) is 4.79 Å². The van der Waals surface area contributed by atoms with Gasteiger partial charge in [0.05, 0.1) is 6.61 Å². The summed E-state index contributed by atoms with van der Waals surface area (Å²) in [5.74, 6) is 0. The van der Waals surface area contributed by atoms with E-state index in [2.05, 4.69) is 4.74 Å². The van der Waals surface area contributed by atoms with Crippen LogP contribution in [0.4, 0.5) is 4.79 Å². The molecule has 4 nitrogen and oxygen atoms in total. The Morgan fingerprint density at radius 3 is 2.90 bits per heavy atom. The van der Waals surface area contributed by atoms with E-state index < -0.39 is 12.4 Å². The van der Waals surface area contributed by atoms with E-state index in [0.717, 1.165) is 12.8 Å². The van der Waals surface area contributed by atoms with Crippen molar-refractivity contribution in [3.05, 3.63) is 0 Å². The highest BCUT2D eigenvalue weighted by molar-refractivity contribution is 5.56. The maximum Gasteiger partial charge on any atom is 0.508 e. The van der Waals surface area contributed by atoms with E-state index in [9.17, 15) is 4.79 Å². The van der Waals surface area contributed by atoms with Crippen LogP contribution >= 0.6 is 0 Å². The molecule has 0 bridgehead atoms. The first-order valence-corrected chi connectivity index (χ1v) is 3.30. The van der Waals surface area contributed by atoms with E-state index in [0.29, 0.717) is 13.0 Å². The first-order chi connectivity index (χ1) is 4.79. The maximum atomic E-state index is 9.97. The van der Waals surface area contributed by atoms with E-state index in [-0.39, 0.29) is 0 Å². The Morgan fingerprint density at radius 2 is 2.40 bits per heavy atom. The summed E-state index contributed by atoms with van der Waals surface area (Å²) in [5, 5.41) is 8.16. The predicted molar refractivity (Wildman–Crippen MR) is 32.7 cm³/mol. The van der Waals surface area contributed by atoms with Gasteiger partial charge in [0.25, 0.3) is 0 Å². The van der Waals surface area contributed by atoms with Gasteiger partial charge < -0.3 is 14.6 Å². The van der Waals surface area contributed by atoms with Crippen molar-refractivity contribution in [1.29, 1.82) is 0 Å². The summed E-state index contributed by atoms with van der Waals surface area (Å²) in [5.41, 5.74) is 0.